The quantitative estimate of drug-likeness (QED) is 0.254. The highest BCUT2D eigenvalue weighted by Crippen LogP contribution is 2.35. The molecular weight excluding hydrogens is 380 g/mol. The van der Waals surface area contributed by atoms with Crippen molar-refractivity contribution in [3.8, 4) is 11.3 Å². The number of para-hydroxylation sites is 1. The van der Waals surface area contributed by atoms with E-state index in [4.69, 9.17) is 15.8 Å². The summed E-state index contributed by atoms with van der Waals surface area (Å²) in [6.45, 7) is 0. The molecule has 1 aromatic heterocycles. The number of anilines is 1. The van der Waals surface area contributed by atoms with Crippen molar-refractivity contribution in [3.63, 3.8) is 0 Å². The van der Waals surface area contributed by atoms with E-state index in [0.717, 1.165) is 35.0 Å². The van der Waals surface area contributed by atoms with Crippen LogP contribution in [0.3, 0.4) is 0 Å². The molecule has 3 N–H and O–H groups in total. The molecule has 0 amide bonds. The summed E-state index contributed by atoms with van der Waals surface area (Å²) in [5.74, 6) is 0. The average Bonchev–Trinajstić information content (AvgIpc) is 2.84. The minimum atomic E-state index is 0.723. The van der Waals surface area contributed by atoms with E-state index in [1.807, 2.05) is 12.1 Å². The molecule has 0 fully saturated rings. The van der Waals surface area contributed by atoms with Gasteiger partial charge in [-0.1, -0.05) is 54.6 Å². The number of nitrogen functional groups attached to an aromatic ring is 1. The molecule has 154 valence electrons. The first kappa shape index (κ1) is 19.5. The molecule has 4 aromatic carbocycles. The number of rotatable bonds is 1. The summed E-state index contributed by atoms with van der Waals surface area (Å²) in [4.78, 5) is 4.85. The van der Waals surface area contributed by atoms with Gasteiger partial charge in [-0.15, -0.1) is 0 Å². The zero-order chi connectivity index (χ0) is 21.4. The van der Waals surface area contributed by atoms with E-state index in [0.29, 0.717) is 0 Å². The van der Waals surface area contributed by atoms with Crippen molar-refractivity contribution in [2.75, 3.05) is 12.8 Å². The Balaban J connectivity index is 0.000000994. The largest absolute Gasteiger partial charge is 0.400 e. The van der Waals surface area contributed by atoms with Crippen molar-refractivity contribution in [3.05, 3.63) is 83.9 Å². The van der Waals surface area contributed by atoms with Crippen LogP contribution in [0.1, 0.15) is 24.0 Å². The summed E-state index contributed by atoms with van der Waals surface area (Å²) in [6.07, 6.45) is 5.05. The van der Waals surface area contributed by atoms with Crippen molar-refractivity contribution in [2.24, 2.45) is 0 Å². The highest BCUT2D eigenvalue weighted by atomic mass is 16.2. The van der Waals surface area contributed by atoms with Gasteiger partial charge in [0, 0.05) is 18.1 Å². The van der Waals surface area contributed by atoms with Crippen LogP contribution in [-0.2, 0) is 12.8 Å². The lowest BCUT2D eigenvalue weighted by molar-refractivity contribution is 0.399. The molecule has 6 rings (SSSR count). The maximum absolute atomic E-state index is 7.00. The van der Waals surface area contributed by atoms with Gasteiger partial charge in [0.15, 0.2) is 0 Å². The van der Waals surface area contributed by atoms with Crippen LogP contribution in [-0.4, -0.2) is 17.2 Å². The van der Waals surface area contributed by atoms with Gasteiger partial charge in [-0.25, -0.2) is 4.98 Å². The summed E-state index contributed by atoms with van der Waals surface area (Å²) in [6, 6.07) is 26.1. The summed E-state index contributed by atoms with van der Waals surface area (Å²) in [5.41, 5.74) is 12.9. The van der Waals surface area contributed by atoms with Crippen LogP contribution in [0.2, 0.25) is 0 Å². The van der Waals surface area contributed by atoms with Crippen LogP contribution in [0.4, 0.5) is 5.69 Å². The number of benzene rings is 4. The fourth-order valence-corrected chi connectivity index (χ4v) is 4.89. The minimum Gasteiger partial charge on any atom is -0.400 e. The van der Waals surface area contributed by atoms with Crippen LogP contribution < -0.4 is 5.73 Å². The lowest BCUT2D eigenvalue weighted by atomic mass is 9.86. The Labute approximate surface area is 182 Å². The lowest BCUT2D eigenvalue weighted by Gasteiger charge is -2.19. The predicted octanol–water partition coefficient (Wildman–Crippen LogP) is 6.28. The topological polar surface area (TPSA) is 59.1 Å². The number of aryl methyl sites for hydroxylation is 2. The van der Waals surface area contributed by atoms with Gasteiger partial charge in [0.25, 0.3) is 0 Å². The molecule has 1 aliphatic rings. The molecule has 0 atom stereocenters. The van der Waals surface area contributed by atoms with Crippen molar-refractivity contribution in [2.45, 2.75) is 25.7 Å². The average molecular weight is 407 g/mol. The number of aliphatic hydroxyl groups excluding tert-OH is 1. The third-order valence-electron chi connectivity index (χ3n) is 6.40. The van der Waals surface area contributed by atoms with Crippen molar-refractivity contribution in [1.82, 2.24) is 4.98 Å². The zero-order valence-electron chi connectivity index (χ0n) is 17.7. The molecule has 31 heavy (non-hydrogen) atoms. The van der Waals surface area contributed by atoms with Gasteiger partial charge in [-0.3, -0.25) is 0 Å². The smallest absolute Gasteiger partial charge is 0.0938 e. The number of aliphatic hydroxyl groups is 1. The number of hydrogen-bond donors (Lipinski definition) is 2. The molecule has 0 radical (unpaired) electrons. The number of nitrogens with zero attached hydrogens (tertiary/aromatic N) is 1. The van der Waals surface area contributed by atoms with Crippen molar-refractivity contribution in [1.29, 1.82) is 0 Å². The molecule has 0 spiro atoms. The van der Waals surface area contributed by atoms with Gasteiger partial charge in [0.2, 0.25) is 0 Å². The minimum absolute atomic E-state index is 0.723. The van der Waals surface area contributed by atoms with Gasteiger partial charge in [0.05, 0.1) is 16.9 Å². The molecular formula is C28H26N2O. The molecule has 0 aliphatic heterocycles. The second-order valence-corrected chi connectivity index (χ2v) is 8.12. The number of hydrogen-bond acceptors (Lipinski definition) is 3. The van der Waals surface area contributed by atoms with Crippen LogP contribution in [0.25, 0.3) is 43.7 Å². The second kappa shape index (κ2) is 8.01. The molecule has 1 heterocycles. The Bertz CT molecular complexity index is 1420. The van der Waals surface area contributed by atoms with Crippen molar-refractivity contribution < 1.29 is 5.11 Å². The van der Waals surface area contributed by atoms with Gasteiger partial charge >= 0.3 is 0 Å². The van der Waals surface area contributed by atoms with E-state index < -0.39 is 0 Å². The van der Waals surface area contributed by atoms with Crippen LogP contribution in [0.15, 0.2) is 72.8 Å². The van der Waals surface area contributed by atoms with Gasteiger partial charge in [-0.05, 0) is 76.6 Å². The van der Waals surface area contributed by atoms with Gasteiger partial charge in [-0.2, -0.15) is 0 Å². The Morgan fingerprint density at radius 3 is 2.42 bits per heavy atom. The maximum atomic E-state index is 7.00. The molecule has 1 aliphatic carbocycles. The van der Waals surface area contributed by atoms with Crippen LogP contribution in [0.5, 0.6) is 0 Å². The first-order chi connectivity index (χ1) is 15.3. The standard InChI is InChI=1S/C27H22N2.CH4O/c28-25-7-3-5-18-11-15-26(29-27(18)25)20-10-12-22-19(16-20)9-14-23-21-6-2-1-4-17(21)8-13-24(22)23;1-2/h3,5,7-16H,1-2,4,6,28H2;2H,1H3. The normalized spacial score (nSPS) is 13.1. The Morgan fingerprint density at radius 1 is 0.742 bits per heavy atom. The number of fused-ring (bicyclic) bond motifs is 6. The van der Waals surface area contributed by atoms with Crippen LogP contribution in [0, 0.1) is 0 Å². The van der Waals surface area contributed by atoms with Gasteiger partial charge in [0.1, 0.15) is 0 Å². The SMILES string of the molecule is CO.Nc1cccc2ccc(-c3ccc4c(ccc5c6c(ccc54)CCCC6)c3)nc12. The van der Waals surface area contributed by atoms with Crippen LogP contribution >= 0.6 is 0 Å². The monoisotopic (exact) mass is 406 g/mol. The molecule has 3 nitrogen and oxygen atoms in total. The first-order valence-corrected chi connectivity index (χ1v) is 10.9. The Kier molecular flexibility index (Phi) is 5.05. The highest BCUT2D eigenvalue weighted by Gasteiger charge is 2.14. The number of aromatic nitrogens is 1. The highest BCUT2D eigenvalue weighted by molar-refractivity contribution is 6.09. The Hall–Kier alpha value is -3.43. The summed E-state index contributed by atoms with van der Waals surface area (Å²) < 4.78 is 0. The first-order valence-electron chi connectivity index (χ1n) is 10.9. The third-order valence-corrected chi connectivity index (χ3v) is 6.40. The second-order valence-electron chi connectivity index (χ2n) is 8.12. The number of pyridine rings is 1. The molecule has 0 bridgehead atoms. The lowest BCUT2D eigenvalue weighted by Crippen LogP contribution is -2.03. The molecule has 0 unspecified atom stereocenters. The molecule has 3 heteroatoms. The fourth-order valence-electron chi connectivity index (χ4n) is 4.89. The maximum Gasteiger partial charge on any atom is 0.0938 e. The van der Waals surface area contributed by atoms with E-state index in [2.05, 4.69) is 60.7 Å². The van der Waals surface area contributed by atoms with E-state index in [1.54, 1.807) is 5.56 Å². The van der Waals surface area contributed by atoms with E-state index in [-0.39, 0.29) is 0 Å². The van der Waals surface area contributed by atoms with Crippen molar-refractivity contribution >= 4 is 38.1 Å². The molecule has 0 saturated carbocycles. The zero-order valence-corrected chi connectivity index (χ0v) is 17.7. The van der Waals surface area contributed by atoms with Gasteiger partial charge < -0.3 is 10.8 Å². The Morgan fingerprint density at radius 2 is 1.52 bits per heavy atom. The van der Waals surface area contributed by atoms with E-state index in [1.165, 1.54) is 52.8 Å². The molecule has 0 saturated heterocycles. The molecule has 5 aromatic rings. The number of nitrogens with two attached hydrogens (primary N) is 1. The third kappa shape index (κ3) is 3.31. The predicted molar refractivity (Wildman–Crippen MR) is 131 cm³/mol. The summed E-state index contributed by atoms with van der Waals surface area (Å²) in [7, 11) is 1.00. The van der Waals surface area contributed by atoms with E-state index >= 15 is 0 Å². The summed E-state index contributed by atoms with van der Waals surface area (Å²) >= 11 is 0. The fraction of sp³-hybridized carbons (Fsp3) is 0.179. The summed E-state index contributed by atoms with van der Waals surface area (Å²) in [5, 5.41) is 13.4. The van der Waals surface area contributed by atoms with E-state index in [9.17, 15) is 0 Å².